The van der Waals surface area contributed by atoms with Crippen molar-refractivity contribution in [3.05, 3.63) is 6.92 Å². The SMILES string of the molecule is [CH]C1CCC(CC)CC1. The van der Waals surface area contributed by atoms with Crippen LogP contribution in [0.4, 0.5) is 0 Å². The summed E-state index contributed by atoms with van der Waals surface area (Å²) in [5, 5.41) is 0. The van der Waals surface area contributed by atoms with Gasteiger partial charge in [-0.3, -0.25) is 0 Å². The Kier molecular flexibility index (Phi) is 2.56. The third-order valence-electron chi connectivity index (χ3n) is 2.47. The Labute approximate surface area is 58.7 Å². The van der Waals surface area contributed by atoms with Crippen LogP contribution < -0.4 is 0 Å². The van der Waals surface area contributed by atoms with E-state index >= 15 is 0 Å². The highest BCUT2D eigenvalue weighted by atomic mass is 14.2. The Morgan fingerprint density at radius 2 is 1.78 bits per heavy atom. The average Bonchev–Trinajstić information content (AvgIpc) is 1.90. The normalized spacial score (nSPS) is 36.7. The molecule has 1 rings (SSSR count). The van der Waals surface area contributed by atoms with Crippen LogP contribution in [-0.4, -0.2) is 0 Å². The van der Waals surface area contributed by atoms with Crippen LogP contribution in [0.15, 0.2) is 0 Å². The van der Waals surface area contributed by atoms with E-state index in [2.05, 4.69) is 6.92 Å². The molecule has 0 amide bonds. The molecule has 0 saturated heterocycles. The molecule has 0 aliphatic heterocycles. The van der Waals surface area contributed by atoms with Gasteiger partial charge in [-0.05, 0) is 31.6 Å². The molecule has 0 aromatic heterocycles. The number of hydrogen-bond acceptors (Lipinski definition) is 0. The largest absolute Gasteiger partial charge is 0.0651 e. The van der Waals surface area contributed by atoms with E-state index in [1.165, 1.54) is 32.1 Å². The highest BCUT2D eigenvalue weighted by molar-refractivity contribution is 4.72. The van der Waals surface area contributed by atoms with Crippen molar-refractivity contribution in [3.8, 4) is 0 Å². The van der Waals surface area contributed by atoms with Gasteiger partial charge in [0.05, 0.1) is 0 Å². The lowest BCUT2D eigenvalue weighted by molar-refractivity contribution is 0.302. The minimum atomic E-state index is 0.521. The van der Waals surface area contributed by atoms with Crippen molar-refractivity contribution < 1.29 is 0 Å². The summed E-state index contributed by atoms with van der Waals surface area (Å²) in [5.74, 6) is 1.51. The molecular weight excluding hydrogens is 108 g/mol. The smallest absolute Gasteiger partial charge is 0.0318 e. The zero-order chi connectivity index (χ0) is 6.69. The van der Waals surface area contributed by atoms with Gasteiger partial charge in [-0.1, -0.05) is 26.2 Å². The molecule has 1 aliphatic rings. The zero-order valence-corrected chi connectivity index (χ0v) is 6.27. The first-order chi connectivity index (χ1) is 4.33. The van der Waals surface area contributed by atoms with Crippen molar-refractivity contribution >= 4 is 0 Å². The van der Waals surface area contributed by atoms with Crippen LogP contribution >= 0.6 is 0 Å². The topological polar surface area (TPSA) is 0 Å². The van der Waals surface area contributed by atoms with Crippen LogP contribution in [-0.2, 0) is 0 Å². The van der Waals surface area contributed by atoms with E-state index in [1.807, 2.05) is 0 Å². The summed E-state index contributed by atoms with van der Waals surface area (Å²) < 4.78 is 0. The van der Waals surface area contributed by atoms with Gasteiger partial charge in [0.25, 0.3) is 0 Å². The fourth-order valence-corrected chi connectivity index (χ4v) is 1.60. The van der Waals surface area contributed by atoms with Crippen molar-refractivity contribution in [2.45, 2.75) is 39.0 Å². The molecule has 0 heterocycles. The zero-order valence-electron chi connectivity index (χ0n) is 6.27. The summed E-state index contributed by atoms with van der Waals surface area (Å²) in [7, 11) is 0. The molecule has 0 bridgehead atoms. The third kappa shape index (κ3) is 2.00. The molecule has 1 saturated carbocycles. The molecule has 0 aromatic carbocycles. The van der Waals surface area contributed by atoms with Gasteiger partial charge in [-0.25, -0.2) is 0 Å². The Balaban J connectivity index is 2.18. The highest BCUT2D eigenvalue weighted by Gasteiger charge is 2.15. The van der Waals surface area contributed by atoms with Gasteiger partial charge in [-0.15, -0.1) is 0 Å². The van der Waals surface area contributed by atoms with Gasteiger partial charge in [-0.2, -0.15) is 0 Å². The predicted octanol–water partition coefficient (Wildman–Crippen LogP) is 2.91. The van der Waals surface area contributed by atoms with Crippen molar-refractivity contribution in [1.29, 1.82) is 0 Å². The molecule has 0 spiro atoms. The third-order valence-corrected chi connectivity index (χ3v) is 2.47. The maximum Gasteiger partial charge on any atom is -0.0318 e. The molecular formula is C9H16. The van der Waals surface area contributed by atoms with Crippen LogP contribution in [0.25, 0.3) is 0 Å². The molecule has 0 aromatic rings. The lowest BCUT2D eigenvalue weighted by Gasteiger charge is -2.24. The van der Waals surface area contributed by atoms with E-state index < -0.39 is 0 Å². The van der Waals surface area contributed by atoms with Crippen molar-refractivity contribution in [3.63, 3.8) is 0 Å². The van der Waals surface area contributed by atoms with E-state index in [9.17, 15) is 0 Å². The van der Waals surface area contributed by atoms with Crippen molar-refractivity contribution in [2.75, 3.05) is 0 Å². The second-order valence-electron chi connectivity index (χ2n) is 3.19. The van der Waals surface area contributed by atoms with Crippen molar-refractivity contribution in [2.24, 2.45) is 11.8 Å². The highest BCUT2D eigenvalue weighted by Crippen LogP contribution is 2.29. The van der Waals surface area contributed by atoms with Gasteiger partial charge in [0, 0.05) is 0 Å². The molecule has 1 fully saturated rings. The van der Waals surface area contributed by atoms with Gasteiger partial charge in [0.1, 0.15) is 0 Å². The second kappa shape index (κ2) is 3.24. The van der Waals surface area contributed by atoms with Gasteiger partial charge >= 0.3 is 0 Å². The van der Waals surface area contributed by atoms with Crippen LogP contribution in [0.3, 0.4) is 0 Å². The Morgan fingerprint density at radius 1 is 1.22 bits per heavy atom. The fraction of sp³-hybridized carbons (Fsp3) is 0.889. The van der Waals surface area contributed by atoms with E-state index in [0.717, 1.165) is 5.92 Å². The first-order valence-corrected chi connectivity index (χ1v) is 4.08. The quantitative estimate of drug-likeness (QED) is 0.504. The van der Waals surface area contributed by atoms with E-state index in [4.69, 9.17) is 6.92 Å². The van der Waals surface area contributed by atoms with Gasteiger partial charge in [0.15, 0.2) is 0 Å². The molecule has 0 heteroatoms. The van der Waals surface area contributed by atoms with E-state index in [1.54, 1.807) is 0 Å². The van der Waals surface area contributed by atoms with E-state index in [0.29, 0.717) is 5.92 Å². The molecule has 0 nitrogen and oxygen atoms in total. The maximum absolute atomic E-state index is 5.75. The summed E-state index contributed by atoms with van der Waals surface area (Å²) in [6, 6.07) is 0. The average molecular weight is 124 g/mol. The monoisotopic (exact) mass is 124 g/mol. The summed E-state index contributed by atoms with van der Waals surface area (Å²) in [4.78, 5) is 0. The van der Waals surface area contributed by atoms with Gasteiger partial charge in [0.2, 0.25) is 0 Å². The Morgan fingerprint density at radius 3 is 2.22 bits per heavy atom. The second-order valence-corrected chi connectivity index (χ2v) is 3.19. The summed E-state index contributed by atoms with van der Waals surface area (Å²) in [5.41, 5.74) is 0. The molecule has 2 radical (unpaired) electrons. The summed E-state index contributed by atoms with van der Waals surface area (Å²) >= 11 is 0. The maximum atomic E-state index is 5.75. The van der Waals surface area contributed by atoms with Crippen LogP contribution in [0.5, 0.6) is 0 Å². The molecule has 0 atom stereocenters. The number of rotatable bonds is 1. The molecule has 52 valence electrons. The summed E-state index contributed by atoms with van der Waals surface area (Å²) in [6.07, 6.45) is 6.62. The predicted molar refractivity (Wildman–Crippen MR) is 40.0 cm³/mol. The first-order valence-electron chi connectivity index (χ1n) is 4.08. The molecule has 1 aliphatic carbocycles. The van der Waals surface area contributed by atoms with E-state index in [-0.39, 0.29) is 0 Å². The molecule has 0 N–H and O–H groups in total. The summed E-state index contributed by atoms with van der Waals surface area (Å²) in [6.45, 7) is 8.03. The minimum Gasteiger partial charge on any atom is -0.0651 e. The van der Waals surface area contributed by atoms with Crippen LogP contribution in [0, 0.1) is 18.8 Å². The van der Waals surface area contributed by atoms with Crippen LogP contribution in [0.2, 0.25) is 0 Å². The van der Waals surface area contributed by atoms with Crippen molar-refractivity contribution in [1.82, 2.24) is 0 Å². The Hall–Kier alpha value is 0. The van der Waals surface area contributed by atoms with Crippen LogP contribution in [0.1, 0.15) is 39.0 Å². The standard InChI is InChI=1S/C9H16/c1-3-9-6-4-8(2)5-7-9/h2,8-9H,3-7H2,1H3. The Bertz CT molecular complexity index is 68.1. The number of hydrogen-bond donors (Lipinski definition) is 0. The molecule has 0 unspecified atom stereocenters. The van der Waals surface area contributed by atoms with Gasteiger partial charge < -0.3 is 0 Å². The fourth-order valence-electron chi connectivity index (χ4n) is 1.60. The lowest BCUT2D eigenvalue weighted by Crippen LogP contribution is -2.11. The minimum absolute atomic E-state index is 0.521. The molecule has 9 heavy (non-hydrogen) atoms. The first kappa shape index (κ1) is 7.11. The lowest BCUT2D eigenvalue weighted by atomic mass is 9.82.